The molecule has 0 spiro atoms. The third-order valence-corrected chi connectivity index (χ3v) is 5.88. The van der Waals surface area contributed by atoms with Crippen molar-refractivity contribution >= 4 is 33.9 Å². The quantitative estimate of drug-likeness (QED) is 0.679. The Bertz CT molecular complexity index is 1000. The largest absolute Gasteiger partial charge is 0.378 e. The van der Waals surface area contributed by atoms with E-state index in [4.69, 9.17) is 16.3 Å². The minimum Gasteiger partial charge on any atom is -0.378 e. The van der Waals surface area contributed by atoms with E-state index in [0.717, 1.165) is 64.7 Å². The molecule has 1 atom stereocenters. The van der Waals surface area contributed by atoms with Crippen LogP contribution in [0.25, 0.3) is 10.8 Å². The SMILES string of the molecule is Cc1cccc(C(C)Nc2nnc(C)c3ccc(N4CCOCC4)cc23)c1Cl. The van der Waals surface area contributed by atoms with Gasteiger partial charge in [-0.25, -0.2) is 0 Å². The van der Waals surface area contributed by atoms with Crippen molar-refractivity contribution in [2.45, 2.75) is 26.8 Å². The van der Waals surface area contributed by atoms with E-state index in [1.165, 1.54) is 5.69 Å². The monoisotopic (exact) mass is 396 g/mol. The zero-order valence-electron chi connectivity index (χ0n) is 16.5. The van der Waals surface area contributed by atoms with Gasteiger partial charge in [0.1, 0.15) is 0 Å². The van der Waals surface area contributed by atoms with Gasteiger partial charge in [-0.05, 0) is 44.0 Å². The van der Waals surface area contributed by atoms with E-state index in [-0.39, 0.29) is 6.04 Å². The molecule has 1 saturated heterocycles. The van der Waals surface area contributed by atoms with Gasteiger partial charge >= 0.3 is 0 Å². The zero-order chi connectivity index (χ0) is 19.7. The molecule has 0 amide bonds. The van der Waals surface area contributed by atoms with Gasteiger partial charge in [0, 0.05) is 34.6 Å². The van der Waals surface area contributed by atoms with Crippen LogP contribution in [0.1, 0.15) is 29.8 Å². The number of rotatable bonds is 4. The van der Waals surface area contributed by atoms with Gasteiger partial charge in [0.15, 0.2) is 5.82 Å². The lowest BCUT2D eigenvalue weighted by molar-refractivity contribution is 0.122. The molecule has 1 aliphatic heterocycles. The highest BCUT2D eigenvalue weighted by Crippen LogP contribution is 2.32. The van der Waals surface area contributed by atoms with E-state index in [1.807, 2.05) is 26.0 Å². The van der Waals surface area contributed by atoms with Crippen LogP contribution in [-0.4, -0.2) is 36.5 Å². The van der Waals surface area contributed by atoms with E-state index in [1.54, 1.807) is 0 Å². The Balaban J connectivity index is 1.71. The van der Waals surface area contributed by atoms with Gasteiger partial charge in [0.05, 0.1) is 24.9 Å². The summed E-state index contributed by atoms with van der Waals surface area (Å²) in [7, 11) is 0. The number of fused-ring (bicyclic) bond motifs is 1. The minimum absolute atomic E-state index is 0.0136. The molecule has 1 unspecified atom stereocenters. The second-order valence-electron chi connectivity index (χ2n) is 7.31. The van der Waals surface area contributed by atoms with Crippen molar-refractivity contribution in [2.75, 3.05) is 36.5 Å². The molecule has 1 aromatic heterocycles. The van der Waals surface area contributed by atoms with E-state index < -0.39 is 0 Å². The summed E-state index contributed by atoms with van der Waals surface area (Å²) >= 11 is 6.53. The van der Waals surface area contributed by atoms with Gasteiger partial charge in [-0.2, -0.15) is 5.10 Å². The number of morpholine rings is 1. The zero-order valence-corrected chi connectivity index (χ0v) is 17.3. The van der Waals surface area contributed by atoms with Crippen LogP contribution in [0, 0.1) is 13.8 Å². The van der Waals surface area contributed by atoms with Crippen LogP contribution in [-0.2, 0) is 4.74 Å². The molecule has 0 bridgehead atoms. The fraction of sp³-hybridized carbons (Fsp3) is 0.364. The molecule has 1 fully saturated rings. The first-order valence-corrected chi connectivity index (χ1v) is 10.0. The minimum atomic E-state index is 0.0136. The Hall–Kier alpha value is -2.37. The molecule has 28 heavy (non-hydrogen) atoms. The highest BCUT2D eigenvalue weighted by atomic mass is 35.5. The Morgan fingerprint density at radius 1 is 1.07 bits per heavy atom. The lowest BCUT2D eigenvalue weighted by atomic mass is 10.0. The number of aromatic nitrogens is 2. The van der Waals surface area contributed by atoms with E-state index in [0.29, 0.717) is 0 Å². The van der Waals surface area contributed by atoms with Crippen LogP contribution >= 0.6 is 11.6 Å². The van der Waals surface area contributed by atoms with Gasteiger partial charge in [-0.1, -0.05) is 35.9 Å². The lowest BCUT2D eigenvalue weighted by Crippen LogP contribution is -2.36. The summed E-state index contributed by atoms with van der Waals surface area (Å²) in [5.74, 6) is 0.779. The van der Waals surface area contributed by atoms with Crippen LogP contribution < -0.4 is 10.2 Å². The Kier molecular flexibility index (Phi) is 5.38. The summed E-state index contributed by atoms with van der Waals surface area (Å²) in [5.41, 5.74) is 4.24. The molecule has 4 rings (SSSR count). The van der Waals surface area contributed by atoms with Crippen molar-refractivity contribution in [1.82, 2.24) is 10.2 Å². The molecule has 0 radical (unpaired) electrons. The first-order valence-electron chi connectivity index (χ1n) is 9.66. The molecule has 2 aromatic carbocycles. The van der Waals surface area contributed by atoms with Crippen molar-refractivity contribution in [1.29, 1.82) is 0 Å². The lowest BCUT2D eigenvalue weighted by Gasteiger charge is -2.29. The molecule has 6 heteroatoms. The molecule has 0 saturated carbocycles. The smallest absolute Gasteiger partial charge is 0.157 e. The van der Waals surface area contributed by atoms with Crippen molar-refractivity contribution < 1.29 is 4.74 Å². The van der Waals surface area contributed by atoms with Crippen LogP contribution in [0.15, 0.2) is 36.4 Å². The number of hydrogen-bond acceptors (Lipinski definition) is 5. The molecule has 0 aliphatic carbocycles. The highest BCUT2D eigenvalue weighted by molar-refractivity contribution is 6.32. The summed E-state index contributed by atoms with van der Waals surface area (Å²) in [4.78, 5) is 2.35. The van der Waals surface area contributed by atoms with Crippen LogP contribution in [0.2, 0.25) is 5.02 Å². The molecule has 2 heterocycles. The Morgan fingerprint density at radius 3 is 2.64 bits per heavy atom. The predicted octanol–water partition coefficient (Wildman–Crippen LogP) is 4.91. The van der Waals surface area contributed by atoms with Crippen LogP contribution in [0.5, 0.6) is 0 Å². The third-order valence-electron chi connectivity index (χ3n) is 5.37. The van der Waals surface area contributed by atoms with Crippen LogP contribution in [0.3, 0.4) is 0 Å². The second kappa shape index (κ2) is 7.94. The number of aryl methyl sites for hydroxylation is 2. The van der Waals surface area contributed by atoms with Crippen LogP contribution in [0.4, 0.5) is 11.5 Å². The first-order chi connectivity index (χ1) is 13.5. The normalized spacial score (nSPS) is 15.6. The number of nitrogens with zero attached hydrogens (tertiary/aromatic N) is 3. The number of nitrogens with one attached hydrogen (secondary N) is 1. The van der Waals surface area contributed by atoms with Crippen molar-refractivity contribution in [3.63, 3.8) is 0 Å². The average molecular weight is 397 g/mol. The molecule has 146 valence electrons. The van der Waals surface area contributed by atoms with Gasteiger partial charge < -0.3 is 15.0 Å². The van der Waals surface area contributed by atoms with Gasteiger partial charge in [-0.3, -0.25) is 0 Å². The Morgan fingerprint density at radius 2 is 1.86 bits per heavy atom. The molecule has 5 nitrogen and oxygen atoms in total. The van der Waals surface area contributed by atoms with E-state index in [2.05, 4.69) is 51.6 Å². The molecule has 3 aromatic rings. The fourth-order valence-corrected chi connectivity index (χ4v) is 3.98. The molecular formula is C22H25ClN4O. The van der Waals surface area contributed by atoms with Crippen molar-refractivity contribution in [3.8, 4) is 0 Å². The third kappa shape index (κ3) is 3.64. The summed E-state index contributed by atoms with van der Waals surface area (Å²) < 4.78 is 5.49. The van der Waals surface area contributed by atoms with Crippen molar-refractivity contribution in [3.05, 3.63) is 58.2 Å². The summed E-state index contributed by atoms with van der Waals surface area (Å²) in [5, 5.41) is 15.3. The summed E-state index contributed by atoms with van der Waals surface area (Å²) in [6, 6.07) is 12.6. The maximum absolute atomic E-state index is 6.53. The number of halogens is 1. The number of anilines is 2. The second-order valence-corrected chi connectivity index (χ2v) is 7.69. The molecule has 1 aliphatic rings. The van der Waals surface area contributed by atoms with E-state index >= 15 is 0 Å². The number of hydrogen-bond donors (Lipinski definition) is 1. The predicted molar refractivity (Wildman–Crippen MR) is 116 cm³/mol. The van der Waals surface area contributed by atoms with Gasteiger partial charge in [0.25, 0.3) is 0 Å². The van der Waals surface area contributed by atoms with E-state index in [9.17, 15) is 0 Å². The molecular weight excluding hydrogens is 372 g/mol. The maximum Gasteiger partial charge on any atom is 0.157 e. The van der Waals surface area contributed by atoms with Gasteiger partial charge in [0.2, 0.25) is 0 Å². The van der Waals surface area contributed by atoms with Crippen molar-refractivity contribution in [2.24, 2.45) is 0 Å². The number of benzene rings is 2. The average Bonchev–Trinajstić information content (AvgIpc) is 2.72. The topological polar surface area (TPSA) is 50.3 Å². The number of ether oxygens (including phenoxy) is 1. The summed E-state index contributed by atoms with van der Waals surface area (Å²) in [6.45, 7) is 9.45. The fourth-order valence-electron chi connectivity index (χ4n) is 3.69. The highest BCUT2D eigenvalue weighted by Gasteiger charge is 2.17. The van der Waals surface area contributed by atoms with Gasteiger partial charge in [-0.15, -0.1) is 5.10 Å². The first kappa shape index (κ1) is 19.0. The molecule has 1 N–H and O–H groups in total. The Labute approximate surface area is 170 Å². The summed E-state index contributed by atoms with van der Waals surface area (Å²) in [6.07, 6.45) is 0. The maximum atomic E-state index is 6.53. The standard InChI is InChI=1S/C22H25ClN4O/c1-14-5-4-6-19(21(14)23)15(2)24-22-20-13-17(27-9-11-28-12-10-27)7-8-18(20)16(3)25-26-22/h4-8,13,15H,9-12H2,1-3H3,(H,24,26).